The molecule has 0 unspecified atom stereocenters. The van der Waals surface area contributed by atoms with Crippen molar-refractivity contribution >= 4 is 50.9 Å². The largest absolute Gasteiger partial charge is 0.490 e. The molecule has 7 nitrogen and oxygen atoms in total. The van der Waals surface area contributed by atoms with Crippen LogP contribution in [-0.4, -0.2) is 30.7 Å². The maximum Gasteiger partial charge on any atom is 0.280 e. The van der Waals surface area contributed by atoms with Crippen molar-refractivity contribution in [1.82, 2.24) is 0 Å². The van der Waals surface area contributed by atoms with Gasteiger partial charge in [-0.05, 0) is 83.7 Å². The molecule has 2 amide bonds. The molecular weight excluding hydrogens is 546 g/mol. The van der Waals surface area contributed by atoms with Gasteiger partial charge in [-0.3, -0.25) is 9.59 Å². The molecule has 0 saturated carbocycles. The zero-order chi connectivity index (χ0) is 27.1. The lowest BCUT2D eigenvalue weighted by Crippen LogP contribution is -2.21. The van der Waals surface area contributed by atoms with Crippen LogP contribution in [0.4, 0.5) is 11.4 Å². The Morgan fingerprint density at radius 3 is 2.50 bits per heavy atom. The molecule has 0 bridgehead atoms. The molecule has 0 aliphatic carbocycles. The molecule has 0 saturated heterocycles. The quantitative estimate of drug-likeness (QED) is 0.271. The van der Waals surface area contributed by atoms with E-state index in [1.807, 2.05) is 80.6 Å². The fraction of sp³-hybridized carbons (Fsp3) is 0.233. The van der Waals surface area contributed by atoms with Gasteiger partial charge in [0.05, 0.1) is 28.1 Å². The number of ether oxygens (including phenoxy) is 2. The highest BCUT2D eigenvalue weighted by atomic mass is 79.9. The minimum atomic E-state index is -0.280. The average Bonchev–Trinajstić information content (AvgIpc) is 3.20. The molecule has 196 valence electrons. The van der Waals surface area contributed by atoms with Gasteiger partial charge in [0.1, 0.15) is 0 Å². The Morgan fingerprint density at radius 1 is 1.05 bits per heavy atom. The molecular formula is C30H30BrN3O4. The number of aryl methyl sites for hydroxylation is 1. The number of para-hydroxylation sites is 2. The molecule has 4 rings (SSSR count). The molecule has 0 spiro atoms. The van der Waals surface area contributed by atoms with Crippen LogP contribution in [0.25, 0.3) is 6.08 Å². The molecule has 1 heterocycles. The van der Waals surface area contributed by atoms with Gasteiger partial charge in [-0.25, -0.2) is 0 Å². The first-order valence-electron chi connectivity index (χ1n) is 12.5. The van der Waals surface area contributed by atoms with Crippen molar-refractivity contribution in [2.45, 2.75) is 33.6 Å². The molecule has 0 atom stereocenters. The standard InChI is InChI=1S/C30H30BrN3O4/c1-4-11-26-23(30(36)34(33-26)22-13-7-6-8-14-22)16-21-17-24(31)29(27(18-21)37-5-2)38-19-28(35)32-25-15-10-9-12-20(25)3/h6-10,12-18H,4-5,11,19H2,1-3H3,(H,32,35). The van der Waals surface area contributed by atoms with E-state index in [0.717, 1.165) is 34.6 Å². The number of benzene rings is 3. The topological polar surface area (TPSA) is 80.2 Å². The van der Waals surface area contributed by atoms with Gasteiger partial charge in [-0.2, -0.15) is 10.1 Å². The summed E-state index contributed by atoms with van der Waals surface area (Å²) in [6, 6.07) is 20.6. The van der Waals surface area contributed by atoms with Crippen LogP contribution in [0.5, 0.6) is 11.5 Å². The zero-order valence-corrected chi connectivity index (χ0v) is 23.2. The molecule has 0 fully saturated rings. The Labute approximate surface area is 231 Å². The van der Waals surface area contributed by atoms with Crippen LogP contribution in [-0.2, 0) is 9.59 Å². The summed E-state index contributed by atoms with van der Waals surface area (Å²) < 4.78 is 12.3. The maximum atomic E-state index is 13.3. The first-order valence-corrected chi connectivity index (χ1v) is 13.3. The van der Waals surface area contributed by atoms with Gasteiger partial charge in [-0.15, -0.1) is 0 Å². The first-order chi connectivity index (χ1) is 18.4. The highest BCUT2D eigenvalue weighted by molar-refractivity contribution is 9.10. The van der Waals surface area contributed by atoms with Gasteiger partial charge in [0, 0.05) is 5.69 Å². The van der Waals surface area contributed by atoms with Gasteiger partial charge in [0.2, 0.25) is 0 Å². The number of halogens is 1. The number of hydrazone groups is 1. The van der Waals surface area contributed by atoms with Crippen molar-refractivity contribution in [3.8, 4) is 11.5 Å². The van der Waals surface area contributed by atoms with Crippen molar-refractivity contribution < 1.29 is 19.1 Å². The third-order valence-corrected chi connectivity index (χ3v) is 6.44. The van der Waals surface area contributed by atoms with E-state index >= 15 is 0 Å². The lowest BCUT2D eigenvalue weighted by molar-refractivity contribution is -0.118. The van der Waals surface area contributed by atoms with Gasteiger partial charge < -0.3 is 14.8 Å². The Morgan fingerprint density at radius 2 is 1.79 bits per heavy atom. The van der Waals surface area contributed by atoms with E-state index in [1.54, 1.807) is 6.07 Å². The van der Waals surface area contributed by atoms with Crippen molar-refractivity contribution in [2.24, 2.45) is 5.10 Å². The van der Waals surface area contributed by atoms with Gasteiger partial charge >= 0.3 is 0 Å². The minimum absolute atomic E-state index is 0.179. The summed E-state index contributed by atoms with van der Waals surface area (Å²) in [5, 5.41) is 8.92. The van der Waals surface area contributed by atoms with Crippen LogP contribution in [0.15, 0.2) is 81.9 Å². The summed E-state index contributed by atoms with van der Waals surface area (Å²) in [5.41, 5.74) is 4.45. The fourth-order valence-corrected chi connectivity index (χ4v) is 4.62. The van der Waals surface area contributed by atoms with Crippen LogP contribution in [0.1, 0.15) is 37.8 Å². The molecule has 3 aromatic rings. The minimum Gasteiger partial charge on any atom is -0.490 e. The summed E-state index contributed by atoms with van der Waals surface area (Å²) in [6.45, 7) is 6.07. The van der Waals surface area contributed by atoms with Crippen molar-refractivity contribution in [1.29, 1.82) is 0 Å². The maximum absolute atomic E-state index is 13.3. The van der Waals surface area contributed by atoms with Crippen molar-refractivity contribution in [3.63, 3.8) is 0 Å². The van der Waals surface area contributed by atoms with E-state index in [9.17, 15) is 9.59 Å². The Kier molecular flexibility index (Phi) is 8.97. The summed E-state index contributed by atoms with van der Waals surface area (Å²) in [5.74, 6) is 0.427. The number of nitrogens with one attached hydrogen (secondary N) is 1. The monoisotopic (exact) mass is 575 g/mol. The van der Waals surface area contributed by atoms with Gasteiger partial charge in [-0.1, -0.05) is 49.7 Å². The molecule has 0 aromatic heterocycles. The number of amides is 2. The lowest BCUT2D eigenvalue weighted by Gasteiger charge is -2.15. The fourth-order valence-electron chi connectivity index (χ4n) is 4.05. The lowest BCUT2D eigenvalue weighted by atomic mass is 10.0. The smallest absolute Gasteiger partial charge is 0.280 e. The Balaban J connectivity index is 1.57. The molecule has 1 aliphatic rings. The van der Waals surface area contributed by atoms with Gasteiger partial charge in [0.15, 0.2) is 18.1 Å². The predicted molar refractivity (Wildman–Crippen MR) is 155 cm³/mol. The summed E-state index contributed by atoms with van der Waals surface area (Å²) in [6.07, 6.45) is 3.36. The van der Waals surface area contributed by atoms with E-state index in [0.29, 0.717) is 34.6 Å². The summed E-state index contributed by atoms with van der Waals surface area (Å²) >= 11 is 3.56. The average molecular weight is 576 g/mol. The second-order valence-corrected chi connectivity index (χ2v) is 9.58. The predicted octanol–water partition coefficient (Wildman–Crippen LogP) is 6.76. The van der Waals surface area contributed by atoms with E-state index in [-0.39, 0.29) is 18.4 Å². The van der Waals surface area contributed by atoms with Crippen LogP contribution >= 0.6 is 15.9 Å². The molecule has 38 heavy (non-hydrogen) atoms. The Hall–Kier alpha value is -3.91. The van der Waals surface area contributed by atoms with Crippen LogP contribution in [0.3, 0.4) is 0 Å². The van der Waals surface area contributed by atoms with E-state index in [2.05, 4.69) is 33.3 Å². The summed E-state index contributed by atoms with van der Waals surface area (Å²) in [7, 11) is 0. The highest BCUT2D eigenvalue weighted by Gasteiger charge is 2.30. The van der Waals surface area contributed by atoms with E-state index in [1.165, 1.54) is 5.01 Å². The number of carbonyl (C=O) groups excluding carboxylic acids is 2. The molecule has 3 aromatic carbocycles. The number of nitrogens with zero attached hydrogens (tertiary/aromatic N) is 2. The zero-order valence-electron chi connectivity index (χ0n) is 21.7. The first kappa shape index (κ1) is 27.1. The van der Waals surface area contributed by atoms with Crippen LogP contribution in [0.2, 0.25) is 0 Å². The number of hydrogen-bond donors (Lipinski definition) is 1. The second-order valence-electron chi connectivity index (χ2n) is 8.72. The summed E-state index contributed by atoms with van der Waals surface area (Å²) in [4.78, 5) is 25.9. The SMILES string of the molecule is CCCC1=NN(c2ccccc2)C(=O)C1=Cc1cc(Br)c(OCC(=O)Nc2ccccc2C)c(OCC)c1. The number of rotatable bonds is 10. The van der Waals surface area contributed by atoms with Gasteiger partial charge in [0.25, 0.3) is 11.8 Å². The highest BCUT2D eigenvalue weighted by Crippen LogP contribution is 2.38. The third kappa shape index (κ3) is 6.31. The van der Waals surface area contributed by atoms with Crippen molar-refractivity contribution in [2.75, 3.05) is 23.5 Å². The second kappa shape index (κ2) is 12.6. The van der Waals surface area contributed by atoms with Crippen LogP contribution in [0, 0.1) is 6.92 Å². The number of hydrogen-bond acceptors (Lipinski definition) is 5. The third-order valence-electron chi connectivity index (χ3n) is 5.85. The normalized spacial score (nSPS) is 14.0. The molecule has 8 heteroatoms. The molecule has 1 N–H and O–H groups in total. The van der Waals surface area contributed by atoms with Crippen molar-refractivity contribution in [3.05, 3.63) is 87.9 Å². The number of anilines is 2. The van der Waals surface area contributed by atoms with E-state index in [4.69, 9.17) is 9.47 Å². The molecule has 0 radical (unpaired) electrons. The Bertz CT molecular complexity index is 1390. The van der Waals surface area contributed by atoms with E-state index < -0.39 is 0 Å². The van der Waals surface area contributed by atoms with Crippen LogP contribution < -0.4 is 19.8 Å². The molecule has 1 aliphatic heterocycles. The number of carbonyl (C=O) groups is 2.